The molecule has 5 atom stereocenters. The van der Waals surface area contributed by atoms with Gasteiger partial charge in [-0.15, -0.1) is 0 Å². The Morgan fingerprint density at radius 1 is 0.931 bits per heavy atom. The van der Waals surface area contributed by atoms with Crippen LogP contribution in [-0.4, -0.2) is 56.6 Å². The van der Waals surface area contributed by atoms with E-state index < -0.39 is 58.2 Å². The van der Waals surface area contributed by atoms with Crippen LogP contribution in [0.3, 0.4) is 0 Å². The van der Waals surface area contributed by atoms with Gasteiger partial charge in [0.1, 0.15) is 18.3 Å². The van der Waals surface area contributed by atoms with Gasteiger partial charge in [0.2, 0.25) is 10.0 Å². The molecule has 1 aromatic rings. The highest BCUT2D eigenvalue weighted by Crippen LogP contribution is 2.44. The second-order valence-corrected chi connectivity index (χ2v) is 9.71. The number of benzene rings is 1. The molecule has 1 amide bonds. The number of rotatable bonds is 3. The van der Waals surface area contributed by atoms with E-state index in [1.807, 2.05) is 0 Å². The van der Waals surface area contributed by atoms with Gasteiger partial charge in [0.25, 0.3) is 5.91 Å². The van der Waals surface area contributed by atoms with Crippen LogP contribution in [0.5, 0.6) is 0 Å². The molecule has 0 saturated carbocycles. The van der Waals surface area contributed by atoms with E-state index in [9.17, 15) is 13.2 Å². The second kappa shape index (κ2) is 6.71. The zero-order chi connectivity index (χ0) is 21.2. The first kappa shape index (κ1) is 20.7. The molecule has 0 radical (unpaired) electrons. The number of sulfonamides is 1. The highest BCUT2D eigenvalue weighted by molar-refractivity contribution is 7.89. The lowest BCUT2D eigenvalue weighted by molar-refractivity contribution is -0.229. The molecule has 3 saturated heterocycles. The largest absolute Gasteiger partial charge is 0.342 e. The molecule has 3 aliphatic heterocycles. The number of ether oxygens (including phenoxy) is 5. The minimum atomic E-state index is -3.82. The van der Waals surface area contributed by atoms with Gasteiger partial charge in [-0.25, -0.2) is 13.6 Å². The van der Waals surface area contributed by atoms with Crippen molar-refractivity contribution in [1.29, 1.82) is 0 Å². The van der Waals surface area contributed by atoms with Crippen LogP contribution in [0.15, 0.2) is 29.2 Å². The van der Waals surface area contributed by atoms with Crippen molar-refractivity contribution in [1.82, 2.24) is 0 Å². The Morgan fingerprint density at radius 2 is 1.48 bits per heavy atom. The van der Waals surface area contributed by atoms with Crippen molar-refractivity contribution in [3.63, 3.8) is 0 Å². The molecule has 0 spiro atoms. The minimum absolute atomic E-state index is 0.0552. The maximum Gasteiger partial charge on any atom is 0.256 e. The lowest BCUT2D eigenvalue weighted by atomic mass is 9.98. The lowest BCUT2D eigenvalue weighted by Gasteiger charge is -2.36. The molecule has 0 unspecified atom stereocenters. The van der Waals surface area contributed by atoms with E-state index in [1.165, 1.54) is 24.3 Å². The number of nitrogens with two attached hydrogens (primary N) is 1. The Hall–Kier alpha value is -1.60. The van der Waals surface area contributed by atoms with Gasteiger partial charge < -0.3 is 29.0 Å². The van der Waals surface area contributed by atoms with Gasteiger partial charge in [-0.1, -0.05) is 0 Å². The molecule has 29 heavy (non-hydrogen) atoms. The summed E-state index contributed by atoms with van der Waals surface area (Å²) in [6, 6.07) is 5.49. The zero-order valence-electron chi connectivity index (χ0n) is 16.4. The van der Waals surface area contributed by atoms with Crippen LogP contribution in [-0.2, 0) is 38.5 Å². The molecule has 0 bridgehead atoms. The molecule has 3 aliphatic rings. The highest BCUT2D eigenvalue weighted by atomic mass is 32.2. The standard InChI is InChI=1S/C18H24N2O8S/c1-17(2)25-11-12(26-17)14-16(28-18(3,4)27-14)24-13(11)15(21)20-9-5-7-10(8-6-9)29(19,22)23/h5-8,11-14,16H,1-4H3,(H,20,21)(H2,19,22,23)/t11-,12-,13+,14+,16+/m1/s1. The van der Waals surface area contributed by atoms with Crippen LogP contribution in [0.25, 0.3) is 0 Å². The number of hydrogen-bond acceptors (Lipinski definition) is 8. The third-order valence-electron chi connectivity index (χ3n) is 4.86. The summed E-state index contributed by atoms with van der Waals surface area (Å²) in [4.78, 5) is 12.9. The predicted octanol–water partition coefficient (Wildman–Crippen LogP) is 0.669. The molecule has 3 N–H and O–H groups in total. The average Bonchev–Trinajstić information content (AvgIpc) is 3.07. The molecule has 3 fully saturated rings. The van der Waals surface area contributed by atoms with Gasteiger partial charge in [0.15, 0.2) is 24.0 Å². The van der Waals surface area contributed by atoms with E-state index in [1.54, 1.807) is 27.7 Å². The molecule has 4 rings (SSSR count). The van der Waals surface area contributed by atoms with Crippen LogP contribution in [0.2, 0.25) is 0 Å². The van der Waals surface area contributed by atoms with Crippen molar-refractivity contribution in [2.45, 2.75) is 74.9 Å². The van der Waals surface area contributed by atoms with Gasteiger partial charge in [-0.05, 0) is 52.0 Å². The Bertz CT molecular complexity index is 914. The summed E-state index contributed by atoms with van der Waals surface area (Å²) in [5, 5.41) is 7.79. The van der Waals surface area contributed by atoms with Crippen LogP contribution in [0, 0.1) is 0 Å². The topological polar surface area (TPSA) is 135 Å². The first-order valence-electron chi connectivity index (χ1n) is 9.15. The maximum atomic E-state index is 12.9. The first-order chi connectivity index (χ1) is 13.3. The Morgan fingerprint density at radius 3 is 2.10 bits per heavy atom. The Kier molecular flexibility index (Phi) is 4.78. The number of fused-ring (bicyclic) bond motifs is 3. The predicted molar refractivity (Wildman–Crippen MR) is 99.0 cm³/mol. The van der Waals surface area contributed by atoms with E-state index >= 15 is 0 Å². The highest BCUT2D eigenvalue weighted by Gasteiger charge is 2.62. The van der Waals surface area contributed by atoms with Gasteiger partial charge in [0, 0.05) is 5.69 Å². The number of primary sulfonamides is 1. The van der Waals surface area contributed by atoms with Gasteiger partial charge in [0.05, 0.1) is 4.90 Å². The fraction of sp³-hybridized carbons (Fsp3) is 0.611. The summed E-state index contributed by atoms with van der Waals surface area (Å²) in [5.74, 6) is -2.28. The lowest BCUT2D eigenvalue weighted by Crippen LogP contribution is -2.58. The molecule has 11 heteroatoms. The molecule has 160 valence electrons. The van der Waals surface area contributed by atoms with Crippen molar-refractivity contribution in [3.05, 3.63) is 24.3 Å². The van der Waals surface area contributed by atoms with Gasteiger partial charge >= 0.3 is 0 Å². The first-order valence-corrected chi connectivity index (χ1v) is 10.7. The Balaban J connectivity index is 1.54. The number of anilines is 1. The third-order valence-corrected chi connectivity index (χ3v) is 5.79. The number of nitrogens with one attached hydrogen (secondary N) is 1. The molecular formula is C18H24N2O8S. The molecule has 1 aromatic carbocycles. The smallest absolute Gasteiger partial charge is 0.256 e. The van der Waals surface area contributed by atoms with Crippen LogP contribution in [0.4, 0.5) is 5.69 Å². The third kappa shape index (κ3) is 4.04. The molecule has 0 aromatic heterocycles. The van der Waals surface area contributed by atoms with Crippen LogP contribution >= 0.6 is 0 Å². The number of amides is 1. The van der Waals surface area contributed by atoms with Crippen molar-refractivity contribution >= 4 is 21.6 Å². The summed E-state index contributed by atoms with van der Waals surface area (Å²) < 4.78 is 52.2. The van der Waals surface area contributed by atoms with Crippen molar-refractivity contribution < 1.29 is 36.9 Å². The maximum absolute atomic E-state index is 12.9. The summed E-state index contributed by atoms with van der Waals surface area (Å²) in [7, 11) is -3.82. The molecule has 3 heterocycles. The average molecular weight is 428 g/mol. The number of carbonyl (C=O) groups is 1. The fourth-order valence-corrected chi connectivity index (χ4v) is 4.28. The summed E-state index contributed by atoms with van der Waals surface area (Å²) in [5.41, 5.74) is 0.381. The van der Waals surface area contributed by atoms with Gasteiger partial charge in [-0.3, -0.25) is 4.79 Å². The fourth-order valence-electron chi connectivity index (χ4n) is 3.76. The SMILES string of the molecule is CC1(C)O[C@@H]2O[C@H](C(=O)Nc3ccc(S(N)(=O)=O)cc3)[C@@H]3OC(C)(C)O[C@H]3[C@@H]2O1. The quantitative estimate of drug-likeness (QED) is 0.717. The van der Waals surface area contributed by atoms with Crippen molar-refractivity contribution in [3.8, 4) is 0 Å². The van der Waals surface area contributed by atoms with Crippen LogP contribution < -0.4 is 10.5 Å². The normalized spacial score (nSPS) is 35.0. The molecular weight excluding hydrogens is 404 g/mol. The number of hydrogen-bond donors (Lipinski definition) is 2. The van der Waals surface area contributed by atoms with E-state index in [2.05, 4.69) is 5.32 Å². The van der Waals surface area contributed by atoms with Crippen molar-refractivity contribution in [2.75, 3.05) is 5.32 Å². The zero-order valence-corrected chi connectivity index (χ0v) is 17.3. The number of carbonyl (C=O) groups excluding carboxylic acids is 1. The van der Waals surface area contributed by atoms with E-state index in [0.717, 1.165) is 0 Å². The Labute approximate surface area is 168 Å². The van der Waals surface area contributed by atoms with E-state index in [-0.39, 0.29) is 4.90 Å². The molecule has 10 nitrogen and oxygen atoms in total. The van der Waals surface area contributed by atoms with Gasteiger partial charge in [-0.2, -0.15) is 0 Å². The molecule has 0 aliphatic carbocycles. The monoisotopic (exact) mass is 428 g/mol. The summed E-state index contributed by atoms with van der Waals surface area (Å²) >= 11 is 0. The second-order valence-electron chi connectivity index (χ2n) is 8.15. The summed E-state index contributed by atoms with van der Waals surface area (Å²) in [6.45, 7) is 7.02. The van der Waals surface area contributed by atoms with E-state index in [4.69, 9.17) is 28.8 Å². The van der Waals surface area contributed by atoms with Crippen LogP contribution in [0.1, 0.15) is 27.7 Å². The van der Waals surface area contributed by atoms with Crippen molar-refractivity contribution in [2.24, 2.45) is 5.14 Å². The minimum Gasteiger partial charge on any atom is -0.342 e. The van der Waals surface area contributed by atoms with E-state index in [0.29, 0.717) is 5.69 Å². The summed E-state index contributed by atoms with van der Waals surface area (Å²) in [6.07, 6.45) is -3.59.